The Bertz CT molecular complexity index is 684. The van der Waals surface area contributed by atoms with Crippen molar-refractivity contribution >= 4 is 5.78 Å². The molecule has 0 fully saturated rings. The zero-order valence-electron chi connectivity index (χ0n) is 8.29. The highest BCUT2D eigenvalue weighted by Gasteiger charge is 2.03. The van der Waals surface area contributed by atoms with Gasteiger partial charge in [0.15, 0.2) is 0 Å². The Morgan fingerprint density at radius 3 is 2.75 bits per heavy atom. The molecule has 0 spiro atoms. The number of nitrogens with zero attached hydrogens (tertiary/aromatic N) is 3. The molecule has 2 aromatic heterocycles. The van der Waals surface area contributed by atoms with Crippen LogP contribution in [0.2, 0.25) is 0 Å². The minimum absolute atomic E-state index is 0.278. The van der Waals surface area contributed by atoms with Gasteiger partial charge in [-0.2, -0.15) is 0 Å². The number of H-pyrrole nitrogens is 1. The van der Waals surface area contributed by atoms with Gasteiger partial charge in [0.25, 0.3) is 5.78 Å². The van der Waals surface area contributed by atoms with Crippen LogP contribution in [-0.4, -0.2) is 19.6 Å². The van der Waals surface area contributed by atoms with Gasteiger partial charge in [0.1, 0.15) is 0 Å². The molecule has 0 bridgehead atoms. The molecule has 0 atom stereocenters. The van der Waals surface area contributed by atoms with Crippen LogP contribution in [0.4, 0.5) is 0 Å². The Kier molecular flexibility index (Phi) is 1.83. The van der Waals surface area contributed by atoms with Gasteiger partial charge in [-0.05, 0) is 5.56 Å². The average Bonchev–Trinajstić information content (AvgIpc) is 2.72. The Labute approximate surface area is 90.4 Å². The van der Waals surface area contributed by atoms with E-state index in [1.807, 2.05) is 30.3 Å². The van der Waals surface area contributed by atoms with Crippen LogP contribution in [0.5, 0.6) is 0 Å². The Morgan fingerprint density at radius 1 is 1.12 bits per heavy atom. The largest absolute Gasteiger partial charge is 0.348 e. The molecule has 0 aliphatic rings. The number of hydrogen-bond donors (Lipinski definition) is 1. The van der Waals surface area contributed by atoms with Gasteiger partial charge >= 0.3 is 5.69 Å². The number of aromatic amines is 1. The molecule has 2 heterocycles. The third-order valence-corrected chi connectivity index (χ3v) is 2.38. The maximum Gasteiger partial charge on any atom is 0.348 e. The fourth-order valence-electron chi connectivity index (χ4n) is 1.58. The Balaban J connectivity index is 2.26. The Morgan fingerprint density at radius 2 is 1.94 bits per heavy atom. The summed E-state index contributed by atoms with van der Waals surface area (Å²) in [5.41, 5.74) is 1.63. The first-order valence-electron chi connectivity index (χ1n) is 4.83. The minimum Gasteiger partial charge on any atom is -0.246 e. The molecule has 0 amide bonds. The molecule has 0 aliphatic carbocycles. The van der Waals surface area contributed by atoms with Gasteiger partial charge in [-0.1, -0.05) is 30.3 Å². The molecule has 0 aliphatic heterocycles. The van der Waals surface area contributed by atoms with Crippen LogP contribution in [0.1, 0.15) is 0 Å². The lowest BCUT2D eigenvalue weighted by Gasteiger charge is -2.00. The SMILES string of the molecule is O=c1[nH]nc2ncc(-c3ccccc3)cn12. The highest BCUT2D eigenvalue weighted by Crippen LogP contribution is 2.16. The second-order valence-electron chi connectivity index (χ2n) is 3.41. The smallest absolute Gasteiger partial charge is 0.246 e. The number of aromatic nitrogens is 4. The van der Waals surface area contributed by atoms with Crippen molar-refractivity contribution in [2.24, 2.45) is 0 Å². The van der Waals surface area contributed by atoms with E-state index in [1.54, 1.807) is 12.4 Å². The highest BCUT2D eigenvalue weighted by molar-refractivity contribution is 5.62. The zero-order chi connectivity index (χ0) is 11.0. The maximum absolute atomic E-state index is 11.4. The molecule has 0 saturated carbocycles. The number of benzene rings is 1. The van der Waals surface area contributed by atoms with E-state index >= 15 is 0 Å². The van der Waals surface area contributed by atoms with E-state index in [0.717, 1.165) is 11.1 Å². The van der Waals surface area contributed by atoms with E-state index in [4.69, 9.17) is 0 Å². The van der Waals surface area contributed by atoms with Crippen molar-refractivity contribution in [1.29, 1.82) is 0 Å². The van der Waals surface area contributed by atoms with Gasteiger partial charge in [-0.15, -0.1) is 5.10 Å². The summed E-state index contributed by atoms with van der Waals surface area (Å²) in [6, 6.07) is 9.76. The molecule has 3 rings (SSSR count). The number of nitrogens with one attached hydrogen (secondary N) is 1. The molecule has 78 valence electrons. The van der Waals surface area contributed by atoms with Crippen LogP contribution in [0, 0.1) is 0 Å². The van der Waals surface area contributed by atoms with Crippen LogP contribution in [0.3, 0.4) is 0 Å². The lowest BCUT2D eigenvalue weighted by Crippen LogP contribution is -2.09. The molecule has 5 heteroatoms. The topological polar surface area (TPSA) is 63.0 Å². The summed E-state index contributed by atoms with van der Waals surface area (Å²) in [7, 11) is 0. The monoisotopic (exact) mass is 212 g/mol. The maximum atomic E-state index is 11.4. The van der Waals surface area contributed by atoms with Crippen LogP contribution in [0.15, 0.2) is 47.5 Å². The summed E-state index contributed by atoms with van der Waals surface area (Å²) in [4.78, 5) is 15.5. The summed E-state index contributed by atoms with van der Waals surface area (Å²) in [5.74, 6) is 0.379. The van der Waals surface area contributed by atoms with E-state index in [1.165, 1.54) is 4.40 Å². The van der Waals surface area contributed by atoms with Crippen LogP contribution < -0.4 is 5.69 Å². The lowest BCUT2D eigenvalue weighted by molar-refractivity contribution is 1.02. The fraction of sp³-hybridized carbons (Fsp3) is 0. The fourth-order valence-corrected chi connectivity index (χ4v) is 1.58. The molecule has 3 aromatic rings. The van der Waals surface area contributed by atoms with Gasteiger partial charge in [0.05, 0.1) is 0 Å². The van der Waals surface area contributed by atoms with Crippen molar-refractivity contribution in [1.82, 2.24) is 19.6 Å². The summed E-state index contributed by atoms with van der Waals surface area (Å²) in [6.45, 7) is 0. The predicted molar refractivity (Wildman–Crippen MR) is 59.0 cm³/mol. The first kappa shape index (κ1) is 8.84. The lowest BCUT2D eigenvalue weighted by atomic mass is 10.1. The van der Waals surface area contributed by atoms with Crippen LogP contribution in [0.25, 0.3) is 16.9 Å². The molecule has 1 N–H and O–H groups in total. The van der Waals surface area contributed by atoms with E-state index in [0.29, 0.717) is 5.78 Å². The quantitative estimate of drug-likeness (QED) is 0.656. The van der Waals surface area contributed by atoms with Crippen molar-refractivity contribution < 1.29 is 0 Å². The first-order valence-corrected chi connectivity index (χ1v) is 4.83. The van der Waals surface area contributed by atoms with Crippen LogP contribution in [-0.2, 0) is 0 Å². The van der Waals surface area contributed by atoms with Crippen molar-refractivity contribution in [2.45, 2.75) is 0 Å². The molecule has 0 saturated heterocycles. The summed E-state index contributed by atoms with van der Waals surface area (Å²) < 4.78 is 1.39. The highest BCUT2D eigenvalue weighted by atomic mass is 16.1. The van der Waals surface area contributed by atoms with Crippen molar-refractivity contribution in [3.8, 4) is 11.1 Å². The van der Waals surface area contributed by atoms with Crippen molar-refractivity contribution in [2.75, 3.05) is 0 Å². The van der Waals surface area contributed by atoms with E-state index in [2.05, 4.69) is 15.2 Å². The summed E-state index contributed by atoms with van der Waals surface area (Å²) in [5, 5.41) is 6.12. The Hall–Kier alpha value is -2.43. The van der Waals surface area contributed by atoms with Crippen molar-refractivity contribution in [3.05, 3.63) is 53.2 Å². The van der Waals surface area contributed by atoms with E-state index in [9.17, 15) is 4.79 Å². The third-order valence-electron chi connectivity index (χ3n) is 2.38. The normalized spacial score (nSPS) is 10.8. The molecule has 5 nitrogen and oxygen atoms in total. The van der Waals surface area contributed by atoms with Gasteiger partial charge < -0.3 is 0 Å². The first-order chi connectivity index (χ1) is 7.84. The molecular formula is C11H8N4O. The number of rotatable bonds is 1. The number of fused-ring (bicyclic) bond motifs is 1. The van der Waals surface area contributed by atoms with E-state index < -0.39 is 0 Å². The second-order valence-corrected chi connectivity index (χ2v) is 3.41. The van der Waals surface area contributed by atoms with Gasteiger partial charge in [0.2, 0.25) is 0 Å². The van der Waals surface area contributed by atoms with Crippen LogP contribution >= 0.6 is 0 Å². The van der Waals surface area contributed by atoms with Gasteiger partial charge in [0, 0.05) is 18.0 Å². The molecule has 16 heavy (non-hydrogen) atoms. The summed E-state index contributed by atoms with van der Waals surface area (Å²) in [6.07, 6.45) is 3.43. The number of hydrogen-bond acceptors (Lipinski definition) is 3. The summed E-state index contributed by atoms with van der Waals surface area (Å²) >= 11 is 0. The molecule has 1 aromatic carbocycles. The zero-order valence-corrected chi connectivity index (χ0v) is 8.29. The minimum atomic E-state index is -0.278. The van der Waals surface area contributed by atoms with Gasteiger partial charge in [-0.3, -0.25) is 0 Å². The average molecular weight is 212 g/mol. The predicted octanol–water partition coefficient (Wildman–Crippen LogP) is 1.08. The molecule has 0 unspecified atom stereocenters. The molecule has 0 radical (unpaired) electrons. The van der Waals surface area contributed by atoms with Gasteiger partial charge in [-0.25, -0.2) is 19.3 Å². The standard InChI is InChI=1S/C11H8N4O/c16-11-14-13-10-12-6-9(7-15(10)11)8-4-2-1-3-5-8/h1-7H,(H,14,16). The van der Waals surface area contributed by atoms with E-state index in [-0.39, 0.29) is 5.69 Å². The molecular weight excluding hydrogens is 204 g/mol. The third kappa shape index (κ3) is 1.30. The second kappa shape index (κ2) is 3.30. The van der Waals surface area contributed by atoms with Crippen molar-refractivity contribution in [3.63, 3.8) is 0 Å².